The third-order valence-corrected chi connectivity index (χ3v) is 8.67. The highest BCUT2D eigenvalue weighted by molar-refractivity contribution is 7.90. The van der Waals surface area contributed by atoms with Gasteiger partial charge in [-0.15, -0.1) is 0 Å². The summed E-state index contributed by atoms with van der Waals surface area (Å²) >= 11 is 0. The van der Waals surface area contributed by atoms with E-state index in [2.05, 4.69) is 32.5 Å². The van der Waals surface area contributed by atoms with Crippen LogP contribution in [-0.2, 0) is 19.6 Å². The lowest BCUT2D eigenvalue weighted by atomic mass is 10.1. The minimum atomic E-state index is -4.40. The number of carbonyl (C=O) groups excluding carboxylic acids is 2. The number of carbonyl (C=O) groups is 2. The number of nitrogens with zero attached hydrogens (tertiary/aromatic N) is 4. The van der Waals surface area contributed by atoms with Crippen molar-refractivity contribution in [3.63, 3.8) is 0 Å². The smallest absolute Gasteiger partial charge is 0.421 e. The summed E-state index contributed by atoms with van der Waals surface area (Å²) in [6.45, 7) is 6.75. The summed E-state index contributed by atoms with van der Waals surface area (Å²) in [7, 11) is -4.40. The van der Waals surface area contributed by atoms with Crippen LogP contribution in [0.15, 0.2) is 59.9 Å². The number of aromatic nitrogens is 4. The molecule has 2 N–H and O–H groups in total. The Balaban J connectivity index is 1.27. The number of aryl methyl sites for hydroxylation is 1. The number of hydrogen-bond acceptors (Lipinski definition) is 8. The number of nitrogens with one attached hydrogen (secondary N) is 2. The average Bonchev–Trinajstić information content (AvgIpc) is 3.83. The first-order valence-electron chi connectivity index (χ1n) is 14.2. The van der Waals surface area contributed by atoms with E-state index >= 15 is 0 Å². The van der Waals surface area contributed by atoms with Crippen LogP contribution < -0.4 is 10.0 Å². The number of imidazole rings is 1. The van der Waals surface area contributed by atoms with Gasteiger partial charge in [0, 0.05) is 42.5 Å². The van der Waals surface area contributed by atoms with E-state index < -0.39 is 27.6 Å². The van der Waals surface area contributed by atoms with Crippen molar-refractivity contribution >= 4 is 33.4 Å². The summed E-state index contributed by atoms with van der Waals surface area (Å²) in [4.78, 5) is 38.8. The molecule has 2 amide bonds. The summed E-state index contributed by atoms with van der Waals surface area (Å²) in [5, 5.41) is 2.78. The number of sulfonamides is 1. The van der Waals surface area contributed by atoms with Crippen molar-refractivity contribution in [1.29, 1.82) is 0 Å². The van der Waals surface area contributed by atoms with Gasteiger partial charge < -0.3 is 14.5 Å². The van der Waals surface area contributed by atoms with Crippen LogP contribution in [0.4, 0.5) is 10.5 Å². The molecule has 0 spiro atoms. The molecule has 1 radical (unpaired) electrons. The Morgan fingerprint density at radius 1 is 1.07 bits per heavy atom. The normalized spacial score (nSPS) is 18.3. The quantitative estimate of drug-likeness (QED) is 0.291. The zero-order valence-electron chi connectivity index (χ0n) is 24.4. The third kappa shape index (κ3) is 6.69. The highest BCUT2D eigenvalue weighted by Crippen LogP contribution is 2.47. The fourth-order valence-electron chi connectivity index (χ4n) is 5.00. The first kappa shape index (κ1) is 28.8. The average molecular weight is 602 g/mol. The number of anilines is 1. The predicted octanol–water partition coefficient (Wildman–Crippen LogP) is 4.87. The number of pyridine rings is 1. The molecule has 12 heteroatoms. The van der Waals surface area contributed by atoms with E-state index in [1.165, 1.54) is 24.5 Å². The van der Waals surface area contributed by atoms with Gasteiger partial charge in [0.1, 0.15) is 22.0 Å². The van der Waals surface area contributed by atoms with E-state index in [0.29, 0.717) is 29.4 Å². The number of ether oxygens (including phenoxy) is 1. The highest BCUT2D eigenvalue weighted by atomic mass is 32.2. The van der Waals surface area contributed by atoms with Crippen LogP contribution in [0.5, 0.6) is 0 Å². The van der Waals surface area contributed by atoms with Gasteiger partial charge in [0.15, 0.2) is 0 Å². The van der Waals surface area contributed by atoms with E-state index in [0.717, 1.165) is 11.3 Å². The van der Waals surface area contributed by atoms with Crippen molar-refractivity contribution in [3.05, 3.63) is 89.7 Å². The Morgan fingerprint density at radius 2 is 1.86 bits per heavy atom. The van der Waals surface area contributed by atoms with Crippen LogP contribution in [0.1, 0.15) is 80.2 Å². The molecule has 3 heterocycles. The molecule has 0 aliphatic heterocycles. The van der Waals surface area contributed by atoms with Crippen LogP contribution in [0.3, 0.4) is 0 Å². The molecule has 6 rings (SSSR count). The number of hydrogen-bond donors (Lipinski definition) is 2. The zero-order valence-corrected chi connectivity index (χ0v) is 25.2. The summed E-state index contributed by atoms with van der Waals surface area (Å²) in [6, 6.07) is 10.4. The molecule has 2 aliphatic rings. The molecule has 1 aromatic carbocycles. The van der Waals surface area contributed by atoms with Crippen LogP contribution in [0.2, 0.25) is 0 Å². The second-order valence-electron chi connectivity index (χ2n) is 12.2. The predicted molar refractivity (Wildman–Crippen MR) is 159 cm³/mol. The van der Waals surface area contributed by atoms with Gasteiger partial charge in [-0.3, -0.25) is 4.79 Å². The van der Waals surface area contributed by atoms with E-state index in [4.69, 9.17) is 4.74 Å². The Labute approximate surface area is 250 Å². The third-order valence-electron chi connectivity index (χ3n) is 7.30. The van der Waals surface area contributed by atoms with Gasteiger partial charge in [0.2, 0.25) is 5.91 Å². The Bertz CT molecular complexity index is 1840. The van der Waals surface area contributed by atoms with Crippen molar-refractivity contribution in [2.75, 3.05) is 5.32 Å². The standard InChI is InChI=1S/C31H33N6O5S/c1-18-11-12-32-28(33-18)23-15-24(23)29(38)35-25-14-19(5-9-26(25)43(40,41)36-30(39)42-31(2,3)4)13-22-17-37-16-21(20-6-7-20)8-10-27(37)34-22/h5,8-14,16-17,20,23-24H,6-7,15H2,1-4H3,(H,35,38)(H,36,39)/t23-,24-/m0/s1. The maximum Gasteiger partial charge on any atom is 0.421 e. The molecule has 11 nitrogen and oxygen atoms in total. The molecular formula is C31H33N6O5S. The van der Waals surface area contributed by atoms with E-state index in [9.17, 15) is 18.0 Å². The number of rotatable bonds is 8. The minimum absolute atomic E-state index is 0.0328. The largest absolute Gasteiger partial charge is 0.443 e. The van der Waals surface area contributed by atoms with Crippen LogP contribution >= 0.6 is 0 Å². The molecule has 4 aromatic rings. The second kappa shape index (κ2) is 10.7. The lowest BCUT2D eigenvalue weighted by Gasteiger charge is -2.20. The van der Waals surface area contributed by atoms with Gasteiger partial charge in [0.05, 0.1) is 11.4 Å². The van der Waals surface area contributed by atoms with Crippen molar-refractivity contribution in [2.24, 2.45) is 5.92 Å². The fraction of sp³-hybridized carbons (Fsp3) is 0.355. The molecule has 2 atom stereocenters. The molecule has 2 aliphatic carbocycles. The molecule has 3 aromatic heterocycles. The van der Waals surface area contributed by atoms with Crippen molar-refractivity contribution in [2.45, 2.75) is 69.3 Å². The zero-order chi connectivity index (χ0) is 30.5. The van der Waals surface area contributed by atoms with Crippen molar-refractivity contribution in [1.82, 2.24) is 24.1 Å². The maximum absolute atomic E-state index is 13.3. The molecule has 2 fully saturated rings. The molecule has 0 unspecified atom stereocenters. The van der Waals surface area contributed by atoms with Crippen LogP contribution in [0.25, 0.3) is 5.65 Å². The highest BCUT2D eigenvalue weighted by Gasteiger charge is 2.46. The number of fused-ring (bicyclic) bond motifs is 1. The van der Waals surface area contributed by atoms with Crippen molar-refractivity contribution in [3.8, 4) is 0 Å². The molecular weight excluding hydrogens is 568 g/mol. The topological polar surface area (TPSA) is 145 Å². The molecule has 223 valence electrons. The minimum Gasteiger partial charge on any atom is -0.443 e. The summed E-state index contributed by atoms with van der Waals surface area (Å²) in [5.74, 6) is 0.258. The van der Waals surface area contributed by atoms with Crippen molar-refractivity contribution < 1.29 is 22.7 Å². The molecule has 2 saturated carbocycles. The van der Waals surface area contributed by atoms with Crippen LogP contribution in [-0.4, -0.2) is 45.4 Å². The Hall–Kier alpha value is -4.32. The van der Waals surface area contributed by atoms with Gasteiger partial charge in [-0.25, -0.2) is 32.9 Å². The Morgan fingerprint density at radius 3 is 2.58 bits per heavy atom. The summed E-state index contributed by atoms with van der Waals surface area (Å²) in [6.07, 6.45) is 9.28. The summed E-state index contributed by atoms with van der Waals surface area (Å²) in [5.41, 5.74) is 3.30. The van der Waals surface area contributed by atoms with Gasteiger partial charge >= 0.3 is 6.09 Å². The van der Waals surface area contributed by atoms with E-state index in [1.54, 1.807) is 51.6 Å². The lowest BCUT2D eigenvalue weighted by Crippen LogP contribution is -2.36. The fourth-order valence-corrected chi connectivity index (χ4v) is 6.02. The van der Waals surface area contributed by atoms with E-state index in [1.807, 2.05) is 28.3 Å². The molecule has 0 saturated heterocycles. The van der Waals surface area contributed by atoms with Crippen LogP contribution in [0, 0.1) is 19.3 Å². The Kier molecular flexibility index (Phi) is 7.19. The SMILES string of the molecule is Cc1ccnc([C@H]2C[C@@H]2C(=O)Nc2cc([CH]c3cn4cc(C5CC5)ccc4n3)ccc2S(=O)(=O)NC(=O)OC(C)(C)C)n1. The first-order chi connectivity index (χ1) is 20.3. The second-order valence-corrected chi connectivity index (χ2v) is 13.8. The van der Waals surface area contributed by atoms with E-state index in [-0.39, 0.29) is 22.4 Å². The lowest BCUT2D eigenvalue weighted by molar-refractivity contribution is -0.117. The summed E-state index contributed by atoms with van der Waals surface area (Å²) < 4.78 is 35.7. The number of amides is 2. The van der Waals surface area contributed by atoms with Gasteiger partial charge in [-0.1, -0.05) is 12.1 Å². The van der Waals surface area contributed by atoms with Gasteiger partial charge in [-0.2, -0.15) is 0 Å². The maximum atomic E-state index is 13.3. The monoisotopic (exact) mass is 601 g/mol. The van der Waals surface area contributed by atoms with Gasteiger partial charge in [-0.05, 0) is 88.3 Å². The molecule has 43 heavy (non-hydrogen) atoms. The first-order valence-corrected chi connectivity index (χ1v) is 15.7. The van der Waals surface area contributed by atoms with Gasteiger partial charge in [0.25, 0.3) is 10.0 Å². The molecule has 0 bridgehead atoms. The number of benzene rings is 1.